The summed E-state index contributed by atoms with van der Waals surface area (Å²) in [5.74, 6) is 0.379. The van der Waals surface area contributed by atoms with Crippen LogP contribution in [0.3, 0.4) is 0 Å². The third-order valence-corrected chi connectivity index (χ3v) is 6.25. The van der Waals surface area contributed by atoms with Gasteiger partial charge in [0.25, 0.3) is 5.91 Å². The lowest BCUT2D eigenvalue weighted by Crippen LogP contribution is -2.40. The number of anilines is 1. The lowest BCUT2D eigenvalue weighted by atomic mass is 9.92. The van der Waals surface area contributed by atoms with E-state index in [1.165, 1.54) is 0 Å². The van der Waals surface area contributed by atoms with E-state index >= 15 is 0 Å². The maximum absolute atomic E-state index is 13.7. The van der Waals surface area contributed by atoms with Crippen molar-refractivity contribution in [3.8, 4) is 5.69 Å². The van der Waals surface area contributed by atoms with Crippen molar-refractivity contribution in [3.05, 3.63) is 89.6 Å². The standard InChI is InChI=1S/C31H36N4O2/c1-21(2)19-34(30(37)26-13-9-11-23-10-7-8-12-25(23)26)20-29(36)32-28-18-27(31(4,5)6)33-35(28)24-16-14-22(3)15-17-24/h7-18,21H,19-20H2,1-6H3,(H,32,36). The van der Waals surface area contributed by atoms with Crippen molar-refractivity contribution in [3.63, 3.8) is 0 Å². The van der Waals surface area contributed by atoms with Gasteiger partial charge in [-0.2, -0.15) is 5.10 Å². The first-order valence-electron chi connectivity index (χ1n) is 12.8. The molecule has 0 radical (unpaired) electrons. The molecule has 1 N–H and O–H groups in total. The lowest BCUT2D eigenvalue weighted by Gasteiger charge is -2.25. The van der Waals surface area contributed by atoms with E-state index in [2.05, 4.69) is 26.1 Å². The minimum atomic E-state index is -0.261. The fourth-order valence-electron chi connectivity index (χ4n) is 4.32. The van der Waals surface area contributed by atoms with Crippen molar-refractivity contribution in [2.24, 2.45) is 5.92 Å². The molecule has 3 aromatic carbocycles. The highest BCUT2D eigenvalue weighted by Gasteiger charge is 2.24. The number of fused-ring (bicyclic) bond motifs is 1. The maximum Gasteiger partial charge on any atom is 0.254 e. The molecule has 0 aliphatic heterocycles. The second-order valence-corrected chi connectivity index (χ2v) is 11.1. The van der Waals surface area contributed by atoms with E-state index < -0.39 is 0 Å². The summed E-state index contributed by atoms with van der Waals surface area (Å²) in [4.78, 5) is 28.7. The highest BCUT2D eigenvalue weighted by Crippen LogP contribution is 2.27. The number of aryl methyl sites for hydroxylation is 1. The number of nitrogens with zero attached hydrogens (tertiary/aromatic N) is 3. The largest absolute Gasteiger partial charge is 0.329 e. The van der Waals surface area contributed by atoms with Crippen LogP contribution in [0.2, 0.25) is 0 Å². The predicted octanol–water partition coefficient (Wildman–Crippen LogP) is 6.37. The first-order valence-corrected chi connectivity index (χ1v) is 12.8. The highest BCUT2D eigenvalue weighted by atomic mass is 16.2. The zero-order valence-corrected chi connectivity index (χ0v) is 22.6. The fraction of sp³-hybridized carbons (Fsp3) is 0.323. The Balaban J connectivity index is 1.62. The molecule has 0 bridgehead atoms. The zero-order valence-electron chi connectivity index (χ0n) is 22.6. The van der Waals surface area contributed by atoms with Crippen molar-refractivity contribution in [1.29, 1.82) is 0 Å². The number of aromatic nitrogens is 2. The second kappa shape index (κ2) is 10.6. The molecule has 4 rings (SSSR count). The summed E-state index contributed by atoms with van der Waals surface area (Å²) in [6, 6.07) is 23.5. The summed E-state index contributed by atoms with van der Waals surface area (Å²) in [5.41, 5.74) is 3.29. The van der Waals surface area contributed by atoms with Gasteiger partial charge in [0.05, 0.1) is 11.4 Å². The Morgan fingerprint density at radius 3 is 2.32 bits per heavy atom. The van der Waals surface area contributed by atoms with Gasteiger partial charge in [0.15, 0.2) is 0 Å². The Hall–Kier alpha value is -3.93. The number of benzene rings is 3. The molecule has 192 valence electrons. The quantitative estimate of drug-likeness (QED) is 0.323. The van der Waals surface area contributed by atoms with Gasteiger partial charge in [-0.25, -0.2) is 4.68 Å². The molecule has 6 heteroatoms. The van der Waals surface area contributed by atoms with E-state index in [1.807, 2.05) is 93.6 Å². The van der Waals surface area contributed by atoms with Gasteiger partial charge in [0.1, 0.15) is 12.4 Å². The number of carbonyl (C=O) groups excluding carboxylic acids is 2. The van der Waals surface area contributed by atoms with Crippen molar-refractivity contribution in [1.82, 2.24) is 14.7 Å². The number of amides is 2. The molecular weight excluding hydrogens is 460 g/mol. The normalized spacial score (nSPS) is 11.6. The first kappa shape index (κ1) is 26.1. The summed E-state index contributed by atoms with van der Waals surface area (Å²) in [6.07, 6.45) is 0. The molecule has 0 saturated heterocycles. The van der Waals surface area contributed by atoms with Crippen LogP contribution in [0.4, 0.5) is 5.82 Å². The Labute approximate surface area is 219 Å². The van der Waals surface area contributed by atoms with Gasteiger partial charge in [-0.3, -0.25) is 9.59 Å². The van der Waals surface area contributed by atoms with Gasteiger partial charge < -0.3 is 10.2 Å². The summed E-state index contributed by atoms with van der Waals surface area (Å²) in [6.45, 7) is 12.8. The number of hydrogen-bond acceptors (Lipinski definition) is 3. The average Bonchev–Trinajstić information content (AvgIpc) is 3.27. The molecule has 0 unspecified atom stereocenters. The molecule has 6 nitrogen and oxygen atoms in total. The molecule has 0 fully saturated rings. The molecule has 1 heterocycles. The molecule has 1 aromatic heterocycles. The van der Waals surface area contributed by atoms with Crippen LogP contribution in [0.5, 0.6) is 0 Å². The fourth-order valence-corrected chi connectivity index (χ4v) is 4.32. The van der Waals surface area contributed by atoms with Crippen molar-refractivity contribution in [2.75, 3.05) is 18.4 Å². The predicted molar refractivity (Wildman–Crippen MR) is 150 cm³/mol. The van der Waals surface area contributed by atoms with Gasteiger partial charge >= 0.3 is 0 Å². The highest BCUT2D eigenvalue weighted by molar-refractivity contribution is 6.08. The zero-order chi connectivity index (χ0) is 26.7. The van der Waals surface area contributed by atoms with E-state index in [9.17, 15) is 9.59 Å². The van der Waals surface area contributed by atoms with Crippen LogP contribution in [0.15, 0.2) is 72.8 Å². The molecule has 0 aliphatic rings. The van der Waals surface area contributed by atoms with Gasteiger partial charge in [-0.05, 0) is 41.8 Å². The Morgan fingerprint density at radius 2 is 1.65 bits per heavy atom. The first-order chi connectivity index (χ1) is 17.5. The molecule has 0 atom stereocenters. The lowest BCUT2D eigenvalue weighted by molar-refractivity contribution is -0.117. The van der Waals surface area contributed by atoms with Crippen LogP contribution in [-0.4, -0.2) is 39.6 Å². The average molecular weight is 497 g/mol. The molecule has 0 saturated carbocycles. The van der Waals surface area contributed by atoms with Crippen molar-refractivity contribution in [2.45, 2.75) is 47.0 Å². The number of hydrogen-bond donors (Lipinski definition) is 1. The van der Waals surface area contributed by atoms with Gasteiger partial charge in [0, 0.05) is 23.6 Å². The molecule has 37 heavy (non-hydrogen) atoms. The Morgan fingerprint density at radius 1 is 0.973 bits per heavy atom. The van der Waals surface area contributed by atoms with Crippen LogP contribution < -0.4 is 5.32 Å². The summed E-state index contributed by atoms with van der Waals surface area (Å²) in [7, 11) is 0. The van der Waals surface area contributed by atoms with E-state index in [1.54, 1.807) is 9.58 Å². The van der Waals surface area contributed by atoms with E-state index in [0.29, 0.717) is 17.9 Å². The van der Waals surface area contributed by atoms with Crippen LogP contribution in [0.1, 0.15) is 56.2 Å². The summed E-state index contributed by atoms with van der Waals surface area (Å²) >= 11 is 0. The van der Waals surface area contributed by atoms with E-state index in [0.717, 1.165) is 27.7 Å². The number of carbonyl (C=O) groups is 2. The molecule has 4 aromatic rings. The SMILES string of the molecule is Cc1ccc(-n2nc(C(C)(C)C)cc2NC(=O)CN(CC(C)C)C(=O)c2cccc3ccccc23)cc1. The second-order valence-electron chi connectivity index (χ2n) is 11.1. The van der Waals surface area contributed by atoms with Gasteiger partial charge in [-0.1, -0.05) is 88.7 Å². The Bertz CT molecular complexity index is 1410. The van der Waals surface area contributed by atoms with Gasteiger partial charge in [-0.15, -0.1) is 0 Å². The van der Waals surface area contributed by atoms with E-state index in [4.69, 9.17) is 5.10 Å². The molecule has 2 amide bonds. The van der Waals surface area contributed by atoms with Crippen molar-refractivity contribution >= 4 is 28.4 Å². The summed E-state index contributed by atoms with van der Waals surface area (Å²) in [5, 5.41) is 9.72. The Kier molecular flexibility index (Phi) is 7.48. The van der Waals surface area contributed by atoms with Gasteiger partial charge in [0.2, 0.25) is 5.91 Å². The molecule has 0 spiro atoms. The van der Waals surface area contributed by atoms with Crippen LogP contribution in [0.25, 0.3) is 16.5 Å². The minimum absolute atomic E-state index is 0.0514. The molecule has 0 aliphatic carbocycles. The van der Waals surface area contributed by atoms with Crippen LogP contribution in [-0.2, 0) is 10.2 Å². The number of rotatable bonds is 7. The maximum atomic E-state index is 13.7. The van der Waals surface area contributed by atoms with Crippen LogP contribution in [0, 0.1) is 12.8 Å². The van der Waals surface area contributed by atoms with Crippen molar-refractivity contribution < 1.29 is 9.59 Å². The monoisotopic (exact) mass is 496 g/mol. The third-order valence-electron chi connectivity index (χ3n) is 6.25. The topological polar surface area (TPSA) is 67.2 Å². The summed E-state index contributed by atoms with van der Waals surface area (Å²) < 4.78 is 1.76. The minimum Gasteiger partial charge on any atom is -0.329 e. The number of nitrogens with one attached hydrogen (secondary N) is 1. The van der Waals surface area contributed by atoms with E-state index in [-0.39, 0.29) is 29.7 Å². The third kappa shape index (κ3) is 6.08. The van der Waals surface area contributed by atoms with Crippen LogP contribution >= 0.6 is 0 Å². The smallest absolute Gasteiger partial charge is 0.254 e. The molecular formula is C31H36N4O2.